The number of fused-ring (bicyclic) bond motifs is 2. The molecule has 0 unspecified atom stereocenters. The number of hydrogen-bond acceptors (Lipinski definition) is 4. The number of nitrogens with one attached hydrogen (secondary N) is 2. The fourth-order valence-electron chi connectivity index (χ4n) is 3.45. The van der Waals surface area contributed by atoms with E-state index in [0.717, 1.165) is 36.5 Å². The number of nitrogens with zero attached hydrogens (tertiary/aromatic N) is 2. The number of thiophene rings is 1. The zero-order valence-corrected chi connectivity index (χ0v) is 14.4. The van der Waals surface area contributed by atoms with Gasteiger partial charge in [-0.1, -0.05) is 29.0 Å². The van der Waals surface area contributed by atoms with Crippen molar-refractivity contribution in [2.45, 2.75) is 18.8 Å². The first-order chi connectivity index (χ1) is 11.7. The van der Waals surface area contributed by atoms with Crippen LogP contribution < -0.4 is 15.5 Å². The third-order valence-corrected chi connectivity index (χ3v) is 5.95. The fourth-order valence-corrected chi connectivity index (χ4v) is 4.92. The Hall–Kier alpha value is -2.23. The summed E-state index contributed by atoms with van der Waals surface area (Å²) in [6.07, 6.45) is 2.18. The number of amides is 2. The largest absolute Gasteiger partial charge is 0.363 e. The topological polar surface area (TPSA) is 68.2 Å². The number of carbonyl (C=O) groups excluding carboxylic acids is 1. The van der Waals surface area contributed by atoms with Gasteiger partial charge in [-0.15, -0.1) is 0 Å². The Morgan fingerprint density at radius 2 is 2.12 bits per heavy atom. The van der Waals surface area contributed by atoms with E-state index >= 15 is 0 Å². The lowest BCUT2D eigenvalue weighted by Gasteiger charge is -2.39. The van der Waals surface area contributed by atoms with Gasteiger partial charge in [-0.3, -0.25) is 5.32 Å². The fraction of sp³-hybridized carbons (Fsp3) is 0.294. The van der Waals surface area contributed by atoms with Crippen LogP contribution in [0.25, 0.3) is 0 Å². The molecule has 1 aromatic carbocycles. The summed E-state index contributed by atoms with van der Waals surface area (Å²) >= 11 is 7.42. The van der Waals surface area contributed by atoms with Crippen molar-refractivity contribution in [2.24, 2.45) is 0 Å². The molecule has 5 nitrogen and oxygen atoms in total. The van der Waals surface area contributed by atoms with Crippen molar-refractivity contribution in [3.8, 4) is 6.07 Å². The molecule has 3 aliphatic rings. The van der Waals surface area contributed by atoms with Crippen LogP contribution in [-0.4, -0.2) is 19.1 Å². The Labute approximate surface area is 148 Å². The third kappa shape index (κ3) is 2.60. The highest BCUT2D eigenvalue weighted by Gasteiger charge is 2.36. The summed E-state index contributed by atoms with van der Waals surface area (Å²) < 4.78 is 0. The van der Waals surface area contributed by atoms with Crippen LogP contribution in [0.1, 0.15) is 29.9 Å². The van der Waals surface area contributed by atoms with E-state index in [4.69, 9.17) is 11.6 Å². The van der Waals surface area contributed by atoms with Crippen molar-refractivity contribution < 1.29 is 4.79 Å². The van der Waals surface area contributed by atoms with Gasteiger partial charge >= 0.3 is 6.03 Å². The molecule has 0 saturated carbocycles. The Bertz CT molecular complexity index is 849. The first-order valence-electron chi connectivity index (χ1n) is 7.81. The lowest BCUT2D eigenvalue weighted by Crippen LogP contribution is -2.37. The van der Waals surface area contributed by atoms with E-state index in [-0.39, 0.29) is 6.03 Å². The predicted octanol–water partition coefficient (Wildman–Crippen LogP) is 4.61. The summed E-state index contributed by atoms with van der Waals surface area (Å²) in [4.78, 5) is 14.6. The minimum absolute atomic E-state index is 0.366. The van der Waals surface area contributed by atoms with Gasteiger partial charge in [0.15, 0.2) is 0 Å². The van der Waals surface area contributed by atoms with E-state index in [1.165, 1.54) is 11.3 Å². The molecular weight excluding hydrogens is 344 g/mol. The second kappa shape index (κ2) is 6.00. The molecule has 0 spiro atoms. The standard InChI is InChI=1S/C17H15ClN4OS/c18-11-2-1-3-12(8-11)20-17(23)21-15-13(9-19)14-10-4-6-22(7-5-10)16(14)24-15/h1-3,8,10H,4-7H2,(H2,20,21,23). The number of nitriles is 1. The number of rotatable bonds is 2. The summed E-state index contributed by atoms with van der Waals surface area (Å²) in [5.41, 5.74) is 2.35. The Morgan fingerprint density at radius 1 is 1.33 bits per heavy atom. The van der Waals surface area contributed by atoms with Gasteiger partial charge in [0, 0.05) is 29.4 Å². The van der Waals surface area contributed by atoms with Crippen LogP contribution >= 0.6 is 22.9 Å². The second-order valence-corrected chi connectivity index (χ2v) is 7.42. The molecule has 0 aliphatic carbocycles. The molecule has 2 amide bonds. The van der Waals surface area contributed by atoms with Gasteiger partial charge in [-0.05, 0) is 37.0 Å². The van der Waals surface area contributed by atoms with E-state index in [1.807, 2.05) is 0 Å². The molecule has 24 heavy (non-hydrogen) atoms. The van der Waals surface area contributed by atoms with E-state index in [9.17, 15) is 10.1 Å². The van der Waals surface area contributed by atoms with Crippen LogP contribution in [0.2, 0.25) is 5.02 Å². The highest BCUT2D eigenvalue weighted by molar-refractivity contribution is 7.20. The zero-order chi connectivity index (χ0) is 16.7. The van der Waals surface area contributed by atoms with Crippen molar-refractivity contribution >= 4 is 44.7 Å². The average Bonchev–Trinajstić information content (AvgIpc) is 2.95. The van der Waals surface area contributed by atoms with Crippen LogP contribution in [0.15, 0.2) is 24.3 Å². The summed E-state index contributed by atoms with van der Waals surface area (Å²) in [6.45, 7) is 2.08. The van der Waals surface area contributed by atoms with Crippen LogP contribution in [0.3, 0.4) is 0 Å². The monoisotopic (exact) mass is 358 g/mol. The molecule has 0 radical (unpaired) electrons. The summed E-state index contributed by atoms with van der Waals surface area (Å²) in [6, 6.07) is 8.88. The van der Waals surface area contributed by atoms with Gasteiger partial charge in [-0.2, -0.15) is 5.26 Å². The van der Waals surface area contributed by atoms with Gasteiger partial charge in [0.25, 0.3) is 0 Å². The van der Waals surface area contributed by atoms with Crippen LogP contribution in [0, 0.1) is 11.3 Å². The average molecular weight is 359 g/mol. The minimum atomic E-state index is -0.366. The smallest absolute Gasteiger partial charge is 0.324 e. The maximum atomic E-state index is 12.3. The number of hydrogen-bond donors (Lipinski definition) is 2. The van der Waals surface area contributed by atoms with Crippen molar-refractivity contribution in [3.05, 3.63) is 40.4 Å². The quantitative estimate of drug-likeness (QED) is 0.823. The number of benzene rings is 1. The normalized spacial score (nSPS) is 15.8. The Kier molecular flexibility index (Phi) is 3.83. The van der Waals surface area contributed by atoms with Gasteiger partial charge in [-0.25, -0.2) is 4.79 Å². The predicted molar refractivity (Wildman–Crippen MR) is 97.3 cm³/mol. The first kappa shape index (κ1) is 15.3. The molecule has 1 saturated heterocycles. The minimum Gasteiger partial charge on any atom is -0.363 e. The number of piperidine rings is 1. The highest BCUT2D eigenvalue weighted by atomic mass is 35.5. The lowest BCUT2D eigenvalue weighted by atomic mass is 9.84. The molecule has 2 bridgehead atoms. The Morgan fingerprint density at radius 3 is 2.83 bits per heavy atom. The second-order valence-electron chi connectivity index (χ2n) is 5.99. The van der Waals surface area contributed by atoms with Crippen molar-refractivity contribution in [3.63, 3.8) is 0 Å². The zero-order valence-electron chi connectivity index (χ0n) is 12.8. The number of carbonyl (C=O) groups is 1. The van der Waals surface area contributed by atoms with E-state index < -0.39 is 0 Å². The SMILES string of the molecule is N#Cc1c(NC(=O)Nc2cccc(Cl)c2)sc2c1C1CCN2CC1. The molecule has 4 heterocycles. The van der Waals surface area contributed by atoms with Crippen molar-refractivity contribution in [2.75, 3.05) is 28.6 Å². The van der Waals surface area contributed by atoms with E-state index in [0.29, 0.717) is 27.2 Å². The van der Waals surface area contributed by atoms with E-state index in [1.54, 1.807) is 24.3 Å². The van der Waals surface area contributed by atoms with Gasteiger partial charge in [0.1, 0.15) is 11.1 Å². The molecular formula is C17H15ClN4OS. The van der Waals surface area contributed by atoms with Crippen LogP contribution in [0.5, 0.6) is 0 Å². The van der Waals surface area contributed by atoms with Gasteiger partial charge in [0.2, 0.25) is 0 Å². The first-order valence-corrected chi connectivity index (χ1v) is 9.00. The molecule has 1 aromatic heterocycles. The van der Waals surface area contributed by atoms with Crippen molar-refractivity contribution in [1.29, 1.82) is 5.26 Å². The number of urea groups is 1. The van der Waals surface area contributed by atoms with Crippen LogP contribution in [-0.2, 0) is 0 Å². The molecule has 5 rings (SSSR count). The Balaban J connectivity index is 1.58. The lowest BCUT2D eigenvalue weighted by molar-refractivity contribution is 0.262. The van der Waals surface area contributed by atoms with Gasteiger partial charge in [0.05, 0.1) is 10.6 Å². The molecule has 2 aromatic rings. The van der Waals surface area contributed by atoms with Crippen molar-refractivity contribution in [1.82, 2.24) is 0 Å². The van der Waals surface area contributed by atoms with E-state index in [2.05, 4.69) is 21.6 Å². The molecule has 0 atom stereocenters. The molecule has 3 aliphatic heterocycles. The maximum Gasteiger partial charge on any atom is 0.324 e. The van der Waals surface area contributed by atoms with Gasteiger partial charge < -0.3 is 10.2 Å². The molecule has 122 valence electrons. The number of anilines is 3. The third-order valence-electron chi connectivity index (χ3n) is 4.54. The summed E-state index contributed by atoms with van der Waals surface area (Å²) in [5.74, 6) is 0.447. The molecule has 7 heteroatoms. The molecule has 1 fully saturated rings. The highest BCUT2D eigenvalue weighted by Crippen LogP contribution is 2.51. The molecule has 2 N–H and O–H groups in total. The number of halogens is 1. The van der Waals surface area contributed by atoms with Crippen LogP contribution in [0.4, 0.5) is 20.5 Å². The summed E-state index contributed by atoms with van der Waals surface area (Å²) in [7, 11) is 0. The summed E-state index contributed by atoms with van der Waals surface area (Å²) in [5, 5.41) is 17.5. The maximum absolute atomic E-state index is 12.3.